The number of phosphoric acid groups is 2. The third-order valence-electron chi connectivity index (χ3n) is 17.1. The molecule has 19 heteroatoms. The third-order valence-corrected chi connectivity index (χ3v) is 19.0. The Balaban J connectivity index is 5.28. The van der Waals surface area contributed by atoms with Gasteiger partial charge in [-0.1, -0.05) is 305 Å². The van der Waals surface area contributed by atoms with Crippen LogP contribution >= 0.6 is 15.6 Å². The molecule has 0 heterocycles. The Hall–Kier alpha value is -1.94. The lowest BCUT2D eigenvalue weighted by atomic mass is 9.99. The molecule has 0 fully saturated rings. The predicted molar refractivity (Wildman–Crippen MR) is 363 cm³/mol. The number of esters is 4. The number of aliphatic hydroxyl groups is 1. The quantitative estimate of drug-likeness (QED) is 0.0222. The molecule has 0 aliphatic heterocycles. The van der Waals surface area contributed by atoms with Crippen molar-refractivity contribution in [2.24, 2.45) is 17.8 Å². The van der Waals surface area contributed by atoms with Crippen molar-refractivity contribution in [3.05, 3.63) is 0 Å². The van der Waals surface area contributed by atoms with E-state index >= 15 is 0 Å². The summed E-state index contributed by atoms with van der Waals surface area (Å²) in [6, 6.07) is 0. The predicted octanol–water partition coefficient (Wildman–Crippen LogP) is 20.2. The molecule has 0 saturated carbocycles. The minimum absolute atomic E-state index is 0.104. The van der Waals surface area contributed by atoms with Gasteiger partial charge in [0.25, 0.3) is 0 Å². The molecule has 0 amide bonds. The molecule has 0 aromatic carbocycles. The summed E-state index contributed by atoms with van der Waals surface area (Å²) in [5.41, 5.74) is 0. The SMILES string of the molecule is CCCCCCCCCCCCCCCCC(=O)O[C@H](COC(=O)CCCCCCCCCCCC(C)C)COP(=O)(O)OC[C@@H](O)COP(=O)(O)OC[C@@H](COC(=O)CCCCCCCCCCC(C)CC)OC(=O)CCCCCCCCCCC(C)CC. The first-order chi connectivity index (χ1) is 43.3. The van der Waals surface area contributed by atoms with Gasteiger partial charge in [-0.2, -0.15) is 0 Å². The van der Waals surface area contributed by atoms with Crippen LogP contribution in [0.1, 0.15) is 357 Å². The number of ether oxygens (including phenoxy) is 4. The maximum absolute atomic E-state index is 13.0. The van der Waals surface area contributed by atoms with Crippen LogP contribution in [-0.4, -0.2) is 96.7 Å². The highest BCUT2D eigenvalue weighted by Gasteiger charge is 2.30. The fourth-order valence-electron chi connectivity index (χ4n) is 10.7. The second kappa shape index (κ2) is 61.9. The smallest absolute Gasteiger partial charge is 0.462 e. The van der Waals surface area contributed by atoms with Gasteiger partial charge in [-0.3, -0.25) is 37.3 Å². The molecule has 534 valence electrons. The van der Waals surface area contributed by atoms with E-state index in [0.29, 0.717) is 25.7 Å². The van der Waals surface area contributed by atoms with E-state index in [1.165, 1.54) is 167 Å². The van der Waals surface area contributed by atoms with Crippen molar-refractivity contribution < 1.29 is 80.2 Å². The molecular weight excluding hydrogens is 1190 g/mol. The lowest BCUT2D eigenvalue weighted by Gasteiger charge is -2.21. The number of unbranched alkanes of at least 4 members (excludes halogenated alkanes) is 35. The van der Waals surface area contributed by atoms with E-state index in [-0.39, 0.29) is 25.7 Å². The van der Waals surface area contributed by atoms with Crippen LogP contribution in [0, 0.1) is 17.8 Å². The van der Waals surface area contributed by atoms with Crippen LogP contribution in [0.4, 0.5) is 0 Å². The fraction of sp³-hybridized carbons (Fsp3) is 0.944. The summed E-state index contributed by atoms with van der Waals surface area (Å²) >= 11 is 0. The summed E-state index contributed by atoms with van der Waals surface area (Å²) in [7, 11) is -9.90. The van der Waals surface area contributed by atoms with Crippen molar-refractivity contribution in [2.75, 3.05) is 39.6 Å². The largest absolute Gasteiger partial charge is 0.472 e. The lowest BCUT2D eigenvalue weighted by Crippen LogP contribution is -2.30. The number of carbonyl (C=O) groups excluding carboxylic acids is 4. The highest BCUT2D eigenvalue weighted by molar-refractivity contribution is 7.47. The van der Waals surface area contributed by atoms with E-state index in [2.05, 4.69) is 48.5 Å². The van der Waals surface area contributed by atoms with Gasteiger partial charge in [0.05, 0.1) is 26.4 Å². The molecule has 0 spiro atoms. The molecule has 17 nitrogen and oxygen atoms in total. The third kappa shape index (κ3) is 62.2. The van der Waals surface area contributed by atoms with E-state index in [1.807, 2.05) is 0 Å². The van der Waals surface area contributed by atoms with Gasteiger partial charge >= 0.3 is 39.5 Å². The van der Waals surface area contributed by atoms with Gasteiger partial charge in [0.1, 0.15) is 19.3 Å². The zero-order valence-electron chi connectivity index (χ0n) is 58.6. The average molecular weight is 1330 g/mol. The van der Waals surface area contributed by atoms with Gasteiger partial charge in [-0.25, -0.2) is 9.13 Å². The second-order valence-electron chi connectivity index (χ2n) is 26.6. The molecule has 0 bridgehead atoms. The number of rotatable bonds is 69. The second-order valence-corrected chi connectivity index (χ2v) is 29.5. The topological polar surface area (TPSA) is 237 Å². The molecule has 0 radical (unpaired) electrons. The highest BCUT2D eigenvalue weighted by atomic mass is 31.2. The maximum Gasteiger partial charge on any atom is 0.472 e. The molecular formula is C71H138O17P2. The Labute approximate surface area is 549 Å². The zero-order chi connectivity index (χ0) is 66.6. The Morgan fingerprint density at radius 1 is 0.322 bits per heavy atom. The van der Waals surface area contributed by atoms with Crippen molar-refractivity contribution in [2.45, 2.75) is 375 Å². The van der Waals surface area contributed by atoms with Gasteiger partial charge in [-0.15, -0.1) is 0 Å². The minimum atomic E-state index is -4.95. The van der Waals surface area contributed by atoms with E-state index in [1.54, 1.807) is 0 Å². The Kier molecular flexibility index (Phi) is 60.6. The summed E-state index contributed by atoms with van der Waals surface area (Å²) in [6.07, 6.45) is 45.6. The minimum Gasteiger partial charge on any atom is -0.462 e. The van der Waals surface area contributed by atoms with Crippen LogP contribution in [0.2, 0.25) is 0 Å². The number of phosphoric ester groups is 2. The molecule has 0 aromatic rings. The van der Waals surface area contributed by atoms with Crippen LogP contribution in [0.15, 0.2) is 0 Å². The molecule has 7 atom stereocenters. The average Bonchev–Trinajstić information content (AvgIpc) is 3.72. The monoisotopic (exact) mass is 1320 g/mol. The Morgan fingerprint density at radius 2 is 0.567 bits per heavy atom. The van der Waals surface area contributed by atoms with Gasteiger partial charge < -0.3 is 33.8 Å². The summed E-state index contributed by atoms with van der Waals surface area (Å²) < 4.78 is 68.4. The van der Waals surface area contributed by atoms with Crippen molar-refractivity contribution in [1.29, 1.82) is 0 Å². The zero-order valence-corrected chi connectivity index (χ0v) is 60.4. The van der Waals surface area contributed by atoms with Gasteiger partial charge in [0, 0.05) is 25.7 Å². The Bertz CT molecular complexity index is 1770. The lowest BCUT2D eigenvalue weighted by molar-refractivity contribution is -0.161. The van der Waals surface area contributed by atoms with Crippen LogP contribution in [0.3, 0.4) is 0 Å². The number of carbonyl (C=O) groups is 4. The summed E-state index contributed by atoms with van der Waals surface area (Å²) in [5, 5.41) is 10.6. The van der Waals surface area contributed by atoms with E-state index in [0.717, 1.165) is 108 Å². The summed E-state index contributed by atoms with van der Waals surface area (Å²) in [6.45, 7) is 11.8. The number of hydrogen-bond donors (Lipinski definition) is 3. The van der Waals surface area contributed by atoms with Crippen molar-refractivity contribution in [3.8, 4) is 0 Å². The van der Waals surface area contributed by atoms with E-state index in [4.69, 9.17) is 37.0 Å². The van der Waals surface area contributed by atoms with E-state index in [9.17, 15) is 43.2 Å². The van der Waals surface area contributed by atoms with Gasteiger partial charge in [0.2, 0.25) is 0 Å². The van der Waals surface area contributed by atoms with E-state index < -0.39 is 97.5 Å². The molecule has 0 rings (SSSR count). The first-order valence-corrected chi connectivity index (χ1v) is 39.9. The number of hydrogen-bond acceptors (Lipinski definition) is 15. The van der Waals surface area contributed by atoms with Gasteiger partial charge in [0.15, 0.2) is 12.2 Å². The molecule has 0 saturated heterocycles. The molecule has 3 N–H and O–H groups in total. The normalized spacial score (nSPS) is 14.8. The van der Waals surface area contributed by atoms with Crippen LogP contribution in [-0.2, 0) is 65.4 Å². The molecule has 0 aliphatic carbocycles. The highest BCUT2D eigenvalue weighted by Crippen LogP contribution is 2.45. The first-order valence-electron chi connectivity index (χ1n) is 36.9. The maximum atomic E-state index is 13.0. The number of aliphatic hydroxyl groups excluding tert-OH is 1. The first kappa shape index (κ1) is 88.1. The van der Waals surface area contributed by atoms with Crippen LogP contribution in [0.25, 0.3) is 0 Å². The molecule has 90 heavy (non-hydrogen) atoms. The van der Waals surface area contributed by atoms with Crippen LogP contribution < -0.4 is 0 Å². The summed E-state index contributed by atoms with van der Waals surface area (Å²) in [5.74, 6) is 0.166. The molecule has 0 aromatic heterocycles. The van der Waals surface area contributed by atoms with Crippen LogP contribution in [0.5, 0.6) is 0 Å². The van der Waals surface area contributed by atoms with Crippen molar-refractivity contribution in [1.82, 2.24) is 0 Å². The Morgan fingerprint density at radius 3 is 0.844 bits per heavy atom. The van der Waals surface area contributed by atoms with Gasteiger partial charge in [-0.05, 0) is 43.4 Å². The molecule has 0 aliphatic rings. The summed E-state index contributed by atoms with van der Waals surface area (Å²) in [4.78, 5) is 72.6. The fourth-order valence-corrected chi connectivity index (χ4v) is 12.2. The standard InChI is InChI=1S/C71H138O17P2/c1-8-11-12-13-14-15-16-17-18-19-22-33-40-47-54-70(75)87-66(58-81-68(73)52-45-38-31-23-20-21-28-35-42-49-62(4)5)60-85-89(77,78)83-56-65(72)57-84-90(79,80)86-61-67(88-71(76)55-48-41-34-27-25-30-37-44-51-64(7)10-3)59-82-69(74)53-46-39-32-26-24-29-36-43-50-63(6)9-2/h62-67,72H,8-61H2,1-7H3,(H,77,78)(H,79,80)/t63?,64?,65-,66-,67-/m1/s1. The van der Waals surface area contributed by atoms with Crippen molar-refractivity contribution in [3.63, 3.8) is 0 Å². The molecule has 4 unspecified atom stereocenters. The van der Waals surface area contributed by atoms with Crippen molar-refractivity contribution >= 4 is 39.5 Å².